The van der Waals surface area contributed by atoms with Gasteiger partial charge in [-0.3, -0.25) is 9.59 Å². The first-order chi connectivity index (χ1) is 8.60. The fourth-order valence-corrected chi connectivity index (χ4v) is 1.90. The Balaban J connectivity index is 2.61. The number of allylic oxidation sites excluding steroid dienone is 3. The average Bonchev–Trinajstić information content (AvgIpc) is 2.40. The van der Waals surface area contributed by atoms with Gasteiger partial charge in [0.1, 0.15) is 5.75 Å². The molecule has 0 unspecified atom stereocenters. The van der Waals surface area contributed by atoms with Crippen molar-refractivity contribution in [2.24, 2.45) is 0 Å². The molecule has 0 saturated carbocycles. The third-order valence-corrected chi connectivity index (χ3v) is 2.84. The van der Waals surface area contributed by atoms with Crippen molar-refractivity contribution >= 4 is 11.6 Å². The molecule has 0 atom stereocenters. The Labute approximate surface area is 104 Å². The predicted molar refractivity (Wildman–Crippen MR) is 66.1 cm³/mol. The number of benzene rings is 1. The maximum absolute atomic E-state index is 12.2. The van der Waals surface area contributed by atoms with Gasteiger partial charge in [0.25, 0.3) is 0 Å². The minimum Gasteiger partial charge on any atom is -0.504 e. The number of ether oxygens (including phenoxy) is 1. The first-order valence-electron chi connectivity index (χ1n) is 5.40. The fraction of sp³-hybridized carbons (Fsp3) is 0.143. The summed E-state index contributed by atoms with van der Waals surface area (Å²) in [6, 6.07) is 4.57. The van der Waals surface area contributed by atoms with E-state index in [4.69, 9.17) is 4.74 Å². The van der Waals surface area contributed by atoms with Gasteiger partial charge in [0.05, 0.1) is 7.11 Å². The Bertz CT molecular complexity index is 581. The van der Waals surface area contributed by atoms with Crippen LogP contribution < -0.4 is 4.74 Å². The molecule has 1 N–H and O–H groups in total. The van der Waals surface area contributed by atoms with Gasteiger partial charge in [0.15, 0.2) is 11.5 Å². The van der Waals surface area contributed by atoms with Gasteiger partial charge >= 0.3 is 0 Å². The summed E-state index contributed by atoms with van der Waals surface area (Å²) in [6.07, 6.45) is 1.63. The van der Waals surface area contributed by atoms with Gasteiger partial charge in [-0.15, -0.1) is 6.58 Å². The third kappa shape index (κ3) is 1.72. The lowest BCUT2D eigenvalue weighted by Gasteiger charge is -2.17. The van der Waals surface area contributed by atoms with Crippen LogP contribution in [0, 0.1) is 0 Å². The molecule has 92 valence electrons. The van der Waals surface area contributed by atoms with Crippen LogP contribution in [-0.2, 0) is 0 Å². The van der Waals surface area contributed by atoms with E-state index in [2.05, 4.69) is 6.58 Å². The summed E-state index contributed by atoms with van der Waals surface area (Å²) in [5, 5.41) is 9.74. The number of aliphatic hydroxyl groups is 1. The Hall–Kier alpha value is -2.36. The average molecular weight is 244 g/mol. The highest BCUT2D eigenvalue weighted by Crippen LogP contribution is 2.29. The van der Waals surface area contributed by atoms with Crippen molar-refractivity contribution in [1.29, 1.82) is 0 Å². The van der Waals surface area contributed by atoms with Gasteiger partial charge in [-0.1, -0.05) is 6.08 Å². The summed E-state index contributed by atoms with van der Waals surface area (Å²) in [6.45, 7) is 3.50. The second kappa shape index (κ2) is 4.49. The van der Waals surface area contributed by atoms with E-state index in [1.807, 2.05) is 0 Å². The molecule has 0 heterocycles. The van der Waals surface area contributed by atoms with E-state index >= 15 is 0 Å². The van der Waals surface area contributed by atoms with E-state index < -0.39 is 11.5 Å². The van der Waals surface area contributed by atoms with Crippen LogP contribution in [0.2, 0.25) is 0 Å². The third-order valence-electron chi connectivity index (χ3n) is 2.84. The lowest BCUT2D eigenvalue weighted by Crippen LogP contribution is -2.21. The summed E-state index contributed by atoms with van der Waals surface area (Å²) in [7, 11) is 1.48. The highest BCUT2D eigenvalue weighted by Gasteiger charge is 2.31. The summed E-state index contributed by atoms with van der Waals surface area (Å²) in [5.41, 5.74) is 0.538. The minimum absolute atomic E-state index is 0.0794. The zero-order chi connectivity index (χ0) is 13.3. The Morgan fingerprint density at radius 2 is 2.00 bits per heavy atom. The SMILES string of the molecule is C=CCC1=C(O)C(=O)c2ccc(OC)cc2C1=O. The van der Waals surface area contributed by atoms with Gasteiger partial charge in [-0.2, -0.15) is 0 Å². The van der Waals surface area contributed by atoms with Crippen LogP contribution in [0.1, 0.15) is 27.1 Å². The van der Waals surface area contributed by atoms with Crippen LogP contribution in [0.4, 0.5) is 0 Å². The number of methoxy groups -OCH3 is 1. The predicted octanol–water partition coefficient (Wildman–Crippen LogP) is 2.46. The van der Waals surface area contributed by atoms with Crippen molar-refractivity contribution in [3.63, 3.8) is 0 Å². The largest absolute Gasteiger partial charge is 0.504 e. The monoisotopic (exact) mass is 244 g/mol. The molecular formula is C14H12O4. The van der Waals surface area contributed by atoms with E-state index in [1.165, 1.54) is 25.3 Å². The molecule has 1 aliphatic rings. The van der Waals surface area contributed by atoms with Gasteiger partial charge in [0, 0.05) is 16.7 Å². The van der Waals surface area contributed by atoms with Gasteiger partial charge in [0.2, 0.25) is 5.78 Å². The first kappa shape index (κ1) is 12.1. The fourth-order valence-electron chi connectivity index (χ4n) is 1.90. The molecule has 0 aliphatic heterocycles. The minimum atomic E-state index is -0.538. The number of ketones is 2. The van der Waals surface area contributed by atoms with Crippen molar-refractivity contribution in [3.05, 3.63) is 53.3 Å². The van der Waals surface area contributed by atoms with Crippen molar-refractivity contribution in [3.8, 4) is 5.75 Å². The number of rotatable bonds is 3. The maximum Gasteiger partial charge on any atom is 0.228 e. The number of Topliss-reactive ketones (excluding diaryl/α,β-unsaturated/α-hetero) is 2. The Kier molecular flexibility index (Phi) is 3.02. The molecule has 4 nitrogen and oxygen atoms in total. The second-order valence-corrected chi connectivity index (χ2v) is 3.89. The molecular weight excluding hydrogens is 232 g/mol. The lowest BCUT2D eigenvalue weighted by atomic mass is 9.86. The van der Waals surface area contributed by atoms with Crippen LogP contribution in [0.3, 0.4) is 0 Å². The van der Waals surface area contributed by atoms with Crippen LogP contribution in [0.5, 0.6) is 5.75 Å². The van der Waals surface area contributed by atoms with Crippen molar-refractivity contribution in [2.45, 2.75) is 6.42 Å². The molecule has 0 spiro atoms. The number of carbonyl (C=O) groups is 2. The molecule has 0 aromatic heterocycles. The molecule has 0 saturated heterocycles. The molecule has 1 aliphatic carbocycles. The van der Waals surface area contributed by atoms with Crippen molar-refractivity contribution < 1.29 is 19.4 Å². The Morgan fingerprint density at radius 1 is 1.28 bits per heavy atom. The zero-order valence-corrected chi connectivity index (χ0v) is 9.90. The van der Waals surface area contributed by atoms with Crippen LogP contribution in [0.25, 0.3) is 0 Å². The molecule has 0 fully saturated rings. The number of fused-ring (bicyclic) bond motifs is 1. The highest BCUT2D eigenvalue weighted by atomic mass is 16.5. The summed E-state index contributed by atoms with van der Waals surface area (Å²) >= 11 is 0. The van der Waals surface area contributed by atoms with Crippen LogP contribution >= 0.6 is 0 Å². The summed E-state index contributed by atoms with van der Waals surface area (Å²) in [5.74, 6) is -0.892. The summed E-state index contributed by atoms with van der Waals surface area (Å²) in [4.78, 5) is 24.1. The standard InChI is InChI=1S/C14H12O4/c1-3-4-10-12(15)11-7-8(18-2)5-6-9(11)13(16)14(10)17/h3,5-7,17H,1,4H2,2H3. The number of carbonyl (C=O) groups excluding carboxylic acids is 2. The van der Waals surface area contributed by atoms with E-state index in [1.54, 1.807) is 6.07 Å². The topological polar surface area (TPSA) is 63.6 Å². The quantitative estimate of drug-likeness (QED) is 0.829. The van der Waals surface area contributed by atoms with E-state index in [0.29, 0.717) is 5.75 Å². The van der Waals surface area contributed by atoms with Gasteiger partial charge in [-0.05, 0) is 24.6 Å². The highest BCUT2D eigenvalue weighted by molar-refractivity contribution is 6.26. The van der Waals surface area contributed by atoms with E-state index in [0.717, 1.165) is 0 Å². The number of aliphatic hydroxyl groups excluding tert-OH is 1. The molecule has 2 rings (SSSR count). The molecule has 1 aromatic carbocycles. The number of hydrogen-bond donors (Lipinski definition) is 1. The van der Waals surface area contributed by atoms with Crippen LogP contribution in [0.15, 0.2) is 42.2 Å². The van der Waals surface area contributed by atoms with Crippen LogP contribution in [-0.4, -0.2) is 23.8 Å². The van der Waals surface area contributed by atoms with E-state index in [9.17, 15) is 14.7 Å². The normalized spacial score (nSPS) is 14.5. The second-order valence-electron chi connectivity index (χ2n) is 3.89. The maximum atomic E-state index is 12.2. The molecule has 0 bridgehead atoms. The lowest BCUT2D eigenvalue weighted by molar-refractivity contribution is 0.0927. The molecule has 4 heteroatoms. The van der Waals surface area contributed by atoms with Gasteiger partial charge in [-0.25, -0.2) is 0 Å². The Morgan fingerprint density at radius 3 is 2.61 bits per heavy atom. The first-order valence-corrected chi connectivity index (χ1v) is 5.40. The molecule has 18 heavy (non-hydrogen) atoms. The molecule has 0 radical (unpaired) electrons. The number of hydrogen-bond acceptors (Lipinski definition) is 4. The van der Waals surface area contributed by atoms with E-state index in [-0.39, 0.29) is 28.9 Å². The molecule has 1 aromatic rings. The smallest absolute Gasteiger partial charge is 0.228 e. The van der Waals surface area contributed by atoms with Gasteiger partial charge < -0.3 is 9.84 Å². The zero-order valence-electron chi connectivity index (χ0n) is 9.90. The molecule has 0 amide bonds. The van der Waals surface area contributed by atoms with Crippen molar-refractivity contribution in [2.75, 3.05) is 7.11 Å². The summed E-state index contributed by atoms with van der Waals surface area (Å²) < 4.78 is 5.02. The van der Waals surface area contributed by atoms with Crippen molar-refractivity contribution in [1.82, 2.24) is 0 Å².